The van der Waals surface area contributed by atoms with Crippen LogP contribution in [0.1, 0.15) is 47.0 Å². The second-order valence-corrected chi connectivity index (χ2v) is 8.58. The molecule has 0 atom stereocenters. The number of amides is 4. The summed E-state index contributed by atoms with van der Waals surface area (Å²) >= 11 is 0. The van der Waals surface area contributed by atoms with Gasteiger partial charge in [-0.2, -0.15) is 0 Å². The van der Waals surface area contributed by atoms with Crippen LogP contribution >= 0.6 is 0 Å². The lowest BCUT2D eigenvalue weighted by molar-refractivity contribution is 0.0924. The monoisotopic (exact) mass is 491 g/mol. The molecule has 8 nitrogen and oxygen atoms in total. The van der Waals surface area contributed by atoms with Gasteiger partial charge in [-0.25, -0.2) is 4.90 Å². The van der Waals surface area contributed by atoms with Crippen LogP contribution in [0.4, 0.5) is 17.1 Å². The molecular formula is C29H21N3O5. The molecule has 0 spiro atoms. The highest BCUT2D eigenvalue weighted by Crippen LogP contribution is 2.30. The van der Waals surface area contributed by atoms with Crippen molar-refractivity contribution < 1.29 is 24.3 Å². The fourth-order valence-corrected chi connectivity index (χ4v) is 4.09. The highest BCUT2D eigenvalue weighted by atomic mass is 16.3. The Kier molecular flexibility index (Phi) is 5.99. The number of aromatic hydroxyl groups is 1. The average molecular weight is 492 g/mol. The normalized spacial score (nSPS) is 12.3. The molecule has 182 valence electrons. The average Bonchev–Trinajstić information content (AvgIpc) is 3.13. The molecule has 1 heterocycles. The summed E-state index contributed by atoms with van der Waals surface area (Å²) in [6.07, 6.45) is 0. The maximum absolute atomic E-state index is 13.1. The van der Waals surface area contributed by atoms with Crippen LogP contribution in [-0.4, -0.2) is 28.7 Å². The molecule has 0 saturated heterocycles. The Balaban J connectivity index is 1.33. The zero-order valence-corrected chi connectivity index (χ0v) is 19.7. The van der Waals surface area contributed by atoms with Gasteiger partial charge in [-0.05, 0) is 79.2 Å². The first kappa shape index (κ1) is 23.5. The van der Waals surface area contributed by atoms with E-state index in [1.165, 1.54) is 54.6 Å². The smallest absolute Gasteiger partial charge is 0.266 e. The Bertz CT molecular complexity index is 1580. The second kappa shape index (κ2) is 9.43. The highest BCUT2D eigenvalue weighted by Gasteiger charge is 2.37. The number of imide groups is 1. The van der Waals surface area contributed by atoms with Crippen LogP contribution in [-0.2, 0) is 0 Å². The Morgan fingerprint density at radius 2 is 1.27 bits per heavy atom. The number of hydrogen-bond acceptors (Lipinski definition) is 5. The molecule has 37 heavy (non-hydrogen) atoms. The van der Waals surface area contributed by atoms with Crippen molar-refractivity contribution in [3.63, 3.8) is 0 Å². The van der Waals surface area contributed by atoms with Crippen LogP contribution in [0.2, 0.25) is 0 Å². The van der Waals surface area contributed by atoms with Gasteiger partial charge in [0, 0.05) is 28.6 Å². The van der Waals surface area contributed by atoms with Crippen molar-refractivity contribution in [2.24, 2.45) is 0 Å². The summed E-state index contributed by atoms with van der Waals surface area (Å²) in [5.74, 6) is -1.89. The van der Waals surface area contributed by atoms with E-state index in [9.17, 15) is 24.3 Å². The van der Waals surface area contributed by atoms with Crippen LogP contribution in [0, 0.1) is 6.92 Å². The highest BCUT2D eigenvalue weighted by molar-refractivity contribution is 6.34. The summed E-state index contributed by atoms with van der Waals surface area (Å²) in [5, 5.41) is 15.1. The van der Waals surface area contributed by atoms with Gasteiger partial charge >= 0.3 is 0 Å². The summed E-state index contributed by atoms with van der Waals surface area (Å²) < 4.78 is 0. The van der Waals surface area contributed by atoms with E-state index in [0.29, 0.717) is 22.6 Å². The lowest BCUT2D eigenvalue weighted by atomic mass is 10.1. The van der Waals surface area contributed by atoms with E-state index in [1.807, 2.05) is 25.1 Å². The van der Waals surface area contributed by atoms with Crippen LogP contribution in [0.3, 0.4) is 0 Å². The van der Waals surface area contributed by atoms with E-state index in [-0.39, 0.29) is 28.3 Å². The maximum Gasteiger partial charge on any atom is 0.266 e. The quantitative estimate of drug-likeness (QED) is 0.340. The standard InChI is InChI=1S/C29H21N3O5/c1-17-4-2-5-20(14-17)30-26(34)18-8-11-22(12-9-18)32-28(36)24-13-10-19(15-25(24)29(32)37)27(35)31-21-6-3-7-23(33)16-21/h2-16,33H,1H3,(H,30,34)(H,31,35). The Morgan fingerprint density at radius 3 is 1.95 bits per heavy atom. The number of nitrogens with one attached hydrogen (secondary N) is 2. The summed E-state index contributed by atoms with van der Waals surface area (Å²) in [4.78, 5) is 52.4. The number of aryl methyl sites for hydroxylation is 1. The zero-order valence-electron chi connectivity index (χ0n) is 19.7. The van der Waals surface area contributed by atoms with Crippen molar-refractivity contribution in [2.45, 2.75) is 6.92 Å². The largest absolute Gasteiger partial charge is 0.508 e. The lowest BCUT2D eigenvalue weighted by Gasteiger charge is -2.14. The maximum atomic E-state index is 13.1. The number of carbonyl (C=O) groups is 4. The predicted octanol–water partition coefficient (Wildman–Crippen LogP) is 5.01. The van der Waals surface area contributed by atoms with Crippen LogP contribution in [0.15, 0.2) is 91.0 Å². The van der Waals surface area contributed by atoms with Crippen molar-refractivity contribution in [1.29, 1.82) is 0 Å². The summed E-state index contributed by atoms with van der Waals surface area (Å²) in [5.41, 5.74) is 3.22. The fraction of sp³-hybridized carbons (Fsp3) is 0.0345. The molecule has 1 aliphatic heterocycles. The summed E-state index contributed by atoms with van der Waals surface area (Å²) in [6, 6.07) is 23.9. The number of benzene rings is 4. The molecule has 0 saturated carbocycles. The molecule has 4 aromatic rings. The van der Waals surface area contributed by atoms with Gasteiger partial charge < -0.3 is 15.7 Å². The number of carbonyl (C=O) groups excluding carboxylic acids is 4. The minimum atomic E-state index is -0.566. The number of anilines is 3. The van der Waals surface area contributed by atoms with E-state index in [0.717, 1.165) is 10.5 Å². The van der Waals surface area contributed by atoms with E-state index >= 15 is 0 Å². The molecule has 3 N–H and O–H groups in total. The first-order valence-electron chi connectivity index (χ1n) is 11.4. The first-order valence-corrected chi connectivity index (χ1v) is 11.4. The molecule has 0 aliphatic carbocycles. The lowest BCUT2D eigenvalue weighted by Crippen LogP contribution is -2.29. The Morgan fingerprint density at radius 1 is 0.676 bits per heavy atom. The number of phenolic OH excluding ortho intramolecular Hbond substituents is 1. The van der Waals surface area contributed by atoms with Crippen molar-refractivity contribution in [3.8, 4) is 5.75 Å². The number of hydrogen-bond donors (Lipinski definition) is 3. The molecule has 1 aliphatic rings. The molecule has 5 rings (SSSR count). The molecular weight excluding hydrogens is 470 g/mol. The summed E-state index contributed by atoms with van der Waals surface area (Å²) in [6.45, 7) is 1.93. The molecule has 8 heteroatoms. The SMILES string of the molecule is Cc1cccc(NC(=O)c2ccc(N3C(=O)c4ccc(C(=O)Nc5cccc(O)c5)cc4C3=O)cc2)c1. The Labute approximate surface area is 212 Å². The van der Waals surface area contributed by atoms with Gasteiger partial charge in [0.25, 0.3) is 23.6 Å². The molecule has 0 bridgehead atoms. The van der Waals surface area contributed by atoms with Crippen molar-refractivity contribution in [1.82, 2.24) is 0 Å². The van der Waals surface area contributed by atoms with E-state index in [2.05, 4.69) is 10.6 Å². The predicted molar refractivity (Wildman–Crippen MR) is 139 cm³/mol. The van der Waals surface area contributed by atoms with E-state index in [4.69, 9.17) is 0 Å². The van der Waals surface area contributed by atoms with Gasteiger partial charge in [-0.1, -0.05) is 18.2 Å². The van der Waals surface area contributed by atoms with Crippen LogP contribution in [0.25, 0.3) is 0 Å². The van der Waals surface area contributed by atoms with Gasteiger partial charge in [0.15, 0.2) is 0 Å². The molecule has 0 fully saturated rings. The minimum Gasteiger partial charge on any atom is -0.508 e. The molecule has 0 aromatic heterocycles. The fourth-order valence-electron chi connectivity index (χ4n) is 4.09. The number of fused-ring (bicyclic) bond motifs is 1. The third kappa shape index (κ3) is 4.68. The van der Waals surface area contributed by atoms with Gasteiger partial charge in [0.2, 0.25) is 0 Å². The van der Waals surface area contributed by atoms with Gasteiger partial charge in [-0.15, -0.1) is 0 Å². The number of phenols is 1. The van der Waals surface area contributed by atoms with Gasteiger partial charge in [0.1, 0.15) is 5.75 Å². The van der Waals surface area contributed by atoms with E-state index in [1.54, 1.807) is 18.2 Å². The van der Waals surface area contributed by atoms with Crippen LogP contribution < -0.4 is 15.5 Å². The third-order valence-corrected chi connectivity index (χ3v) is 5.92. The van der Waals surface area contributed by atoms with E-state index < -0.39 is 17.7 Å². The van der Waals surface area contributed by atoms with Crippen LogP contribution in [0.5, 0.6) is 5.75 Å². The van der Waals surface area contributed by atoms with Crippen molar-refractivity contribution >= 4 is 40.7 Å². The van der Waals surface area contributed by atoms with Crippen molar-refractivity contribution in [2.75, 3.05) is 15.5 Å². The topological polar surface area (TPSA) is 116 Å². The Hall–Kier alpha value is -5.24. The van der Waals surface area contributed by atoms with Gasteiger partial charge in [0.05, 0.1) is 16.8 Å². The molecule has 4 amide bonds. The summed E-state index contributed by atoms with van der Waals surface area (Å²) in [7, 11) is 0. The second-order valence-electron chi connectivity index (χ2n) is 8.58. The molecule has 0 unspecified atom stereocenters. The number of nitrogens with zero attached hydrogens (tertiary/aromatic N) is 1. The molecule has 0 radical (unpaired) electrons. The number of rotatable bonds is 5. The first-order chi connectivity index (χ1) is 17.8. The van der Waals surface area contributed by atoms with Crippen molar-refractivity contribution in [3.05, 3.63) is 119 Å². The third-order valence-electron chi connectivity index (χ3n) is 5.92. The van der Waals surface area contributed by atoms with Gasteiger partial charge in [-0.3, -0.25) is 19.2 Å². The minimum absolute atomic E-state index is 0.00170. The molecule has 4 aromatic carbocycles. The zero-order chi connectivity index (χ0) is 26.1.